The molecule has 12 rings (SSSR count). The molecule has 10 aromatic rings. The molecule has 3 aromatic heterocycles. The molecule has 0 amide bonds. The number of nitrogens with zero attached hydrogens (tertiary/aromatic N) is 2. The molecule has 5 heterocycles. The van der Waals surface area contributed by atoms with Crippen LogP contribution in [0.3, 0.4) is 0 Å². The molecule has 0 bridgehead atoms. The van der Waals surface area contributed by atoms with Crippen molar-refractivity contribution in [1.29, 1.82) is 0 Å². The molecule has 3 nitrogen and oxygen atoms in total. The van der Waals surface area contributed by atoms with Crippen molar-refractivity contribution >= 4 is 89.9 Å². The molecule has 0 fully saturated rings. The molecule has 5 heteroatoms. The van der Waals surface area contributed by atoms with Crippen LogP contribution >= 0.6 is 11.3 Å². The van der Waals surface area contributed by atoms with Gasteiger partial charge < -0.3 is 13.8 Å². The van der Waals surface area contributed by atoms with Crippen molar-refractivity contribution in [3.63, 3.8) is 0 Å². The van der Waals surface area contributed by atoms with Crippen LogP contribution in [-0.2, 0) is 0 Å². The summed E-state index contributed by atoms with van der Waals surface area (Å²) in [6.07, 6.45) is 0. The van der Waals surface area contributed by atoms with Crippen molar-refractivity contribution in [3.8, 4) is 32.7 Å². The molecule has 57 heavy (non-hydrogen) atoms. The van der Waals surface area contributed by atoms with Crippen LogP contribution in [0.25, 0.3) is 76.4 Å². The van der Waals surface area contributed by atoms with E-state index in [1.165, 1.54) is 127 Å². The summed E-state index contributed by atoms with van der Waals surface area (Å²) in [6.45, 7) is 13.4. The maximum absolute atomic E-state index is 6.67. The molecule has 0 spiro atoms. The number of hydrogen-bond acceptors (Lipinski definition) is 3. The summed E-state index contributed by atoms with van der Waals surface area (Å²) in [7, 11) is 0. The molecule has 0 radical (unpaired) electrons. The Morgan fingerprint density at radius 2 is 1.23 bits per heavy atom. The second kappa shape index (κ2) is 11.6. The zero-order chi connectivity index (χ0) is 38.4. The van der Waals surface area contributed by atoms with E-state index in [0.717, 1.165) is 11.2 Å². The van der Waals surface area contributed by atoms with E-state index in [-0.39, 0.29) is 6.85 Å². The molecule has 0 atom stereocenters. The van der Waals surface area contributed by atoms with Crippen molar-refractivity contribution in [3.05, 3.63) is 160 Å². The Hall–Kier alpha value is -6.30. The standard InChI is InChI=1S/C52H39BN2OS/c1-28-20-30(3)46(31(4)21-28)34-12-11-13-36(24-34)54-42-25-35(47-32(5)22-29(2)23-33(47)6)18-19-40(42)53-50-43(54)27-57-52(50)39-26-45-48(38-15-8-10-17-44(38)56-45)49-37-14-7-9-16-41(37)55(53)51(39)49/h7-27H,1-6H3. The first-order valence-corrected chi connectivity index (χ1v) is 20.8. The van der Waals surface area contributed by atoms with Gasteiger partial charge in [0.05, 0.1) is 5.69 Å². The molecule has 272 valence electrons. The highest BCUT2D eigenvalue weighted by molar-refractivity contribution is 7.17. The number of hydrogen-bond donors (Lipinski definition) is 0. The Labute approximate surface area is 336 Å². The smallest absolute Gasteiger partial charge is 0.333 e. The van der Waals surface area contributed by atoms with E-state index >= 15 is 0 Å². The zero-order valence-corrected chi connectivity index (χ0v) is 33.7. The molecule has 2 aliphatic rings. The van der Waals surface area contributed by atoms with Crippen LogP contribution in [0.4, 0.5) is 17.1 Å². The lowest BCUT2D eigenvalue weighted by Gasteiger charge is -2.38. The molecule has 0 saturated carbocycles. The molecule has 2 aliphatic heterocycles. The SMILES string of the molecule is Cc1cc(C)c(-c2cccc(N3c4cc(-c5c(C)cc(C)cc5C)ccc4B4c5c3csc5-c3cc5oc6ccccc6c5c5c6ccccc6n4c35)c2)c(C)c1. The van der Waals surface area contributed by atoms with E-state index in [9.17, 15) is 0 Å². The average molecular weight is 751 g/mol. The molecule has 0 aliphatic carbocycles. The third-order valence-corrected chi connectivity index (χ3v) is 13.8. The van der Waals surface area contributed by atoms with Crippen molar-refractivity contribution in [2.24, 2.45) is 0 Å². The molecular formula is C52H39BN2OS. The van der Waals surface area contributed by atoms with Crippen LogP contribution < -0.4 is 15.8 Å². The summed E-state index contributed by atoms with van der Waals surface area (Å²) in [4.78, 5) is 3.88. The monoisotopic (exact) mass is 750 g/mol. The second-order valence-electron chi connectivity index (χ2n) is 16.5. The fourth-order valence-corrected chi connectivity index (χ4v) is 12.0. The van der Waals surface area contributed by atoms with Gasteiger partial charge in [0.2, 0.25) is 0 Å². The summed E-state index contributed by atoms with van der Waals surface area (Å²) >= 11 is 1.87. The van der Waals surface area contributed by atoms with Gasteiger partial charge in [0.25, 0.3) is 0 Å². The predicted molar refractivity (Wildman–Crippen MR) is 244 cm³/mol. The van der Waals surface area contributed by atoms with Gasteiger partial charge in [0.15, 0.2) is 0 Å². The van der Waals surface area contributed by atoms with Crippen molar-refractivity contribution in [2.75, 3.05) is 4.90 Å². The van der Waals surface area contributed by atoms with E-state index in [1.54, 1.807) is 0 Å². The highest BCUT2D eigenvalue weighted by Gasteiger charge is 2.44. The van der Waals surface area contributed by atoms with Gasteiger partial charge in [0.1, 0.15) is 11.2 Å². The first-order chi connectivity index (χ1) is 27.7. The topological polar surface area (TPSA) is 21.3 Å². The van der Waals surface area contributed by atoms with Crippen LogP contribution in [0.15, 0.2) is 131 Å². The summed E-state index contributed by atoms with van der Waals surface area (Å²) in [6, 6.07) is 45.6. The normalized spacial score (nSPS) is 13.0. The Morgan fingerprint density at radius 1 is 0.561 bits per heavy atom. The fraction of sp³-hybridized carbons (Fsp3) is 0.115. The Balaban J connectivity index is 1.19. The van der Waals surface area contributed by atoms with Gasteiger partial charge in [-0.25, -0.2) is 0 Å². The number of rotatable bonds is 3. The number of aryl methyl sites for hydroxylation is 6. The van der Waals surface area contributed by atoms with E-state index in [1.807, 2.05) is 11.3 Å². The fourth-order valence-electron chi connectivity index (χ4n) is 10.9. The minimum Gasteiger partial charge on any atom is -0.456 e. The summed E-state index contributed by atoms with van der Waals surface area (Å²) in [5.41, 5.74) is 24.9. The Kier molecular flexibility index (Phi) is 6.71. The second-order valence-corrected chi connectivity index (χ2v) is 17.4. The van der Waals surface area contributed by atoms with Gasteiger partial charge in [-0.15, -0.1) is 11.3 Å². The van der Waals surface area contributed by atoms with Gasteiger partial charge >= 0.3 is 6.85 Å². The molecular weight excluding hydrogens is 711 g/mol. The van der Waals surface area contributed by atoms with Crippen molar-refractivity contribution < 1.29 is 4.42 Å². The first kappa shape index (κ1) is 32.9. The highest BCUT2D eigenvalue weighted by Crippen LogP contribution is 2.51. The summed E-state index contributed by atoms with van der Waals surface area (Å²) in [5, 5.41) is 7.34. The van der Waals surface area contributed by atoms with E-state index in [2.05, 4.69) is 178 Å². The maximum Gasteiger partial charge on any atom is 0.333 e. The van der Waals surface area contributed by atoms with E-state index in [4.69, 9.17) is 4.42 Å². The van der Waals surface area contributed by atoms with Gasteiger partial charge in [-0.05, 0) is 133 Å². The van der Waals surface area contributed by atoms with Crippen LogP contribution in [0.5, 0.6) is 0 Å². The third kappa shape index (κ3) is 4.43. The Morgan fingerprint density at radius 3 is 1.96 bits per heavy atom. The lowest BCUT2D eigenvalue weighted by atomic mass is 9.46. The van der Waals surface area contributed by atoms with Gasteiger partial charge in [-0.2, -0.15) is 0 Å². The largest absolute Gasteiger partial charge is 0.456 e. The maximum atomic E-state index is 6.67. The number of fused-ring (bicyclic) bond motifs is 11. The van der Waals surface area contributed by atoms with Crippen molar-refractivity contribution in [2.45, 2.75) is 41.5 Å². The first-order valence-electron chi connectivity index (χ1n) is 19.9. The number of para-hydroxylation sites is 2. The highest BCUT2D eigenvalue weighted by atomic mass is 32.1. The minimum absolute atomic E-state index is 0.00273. The summed E-state index contributed by atoms with van der Waals surface area (Å²) in [5.74, 6) is 0. The predicted octanol–water partition coefficient (Wildman–Crippen LogP) is 13.4. The van der Waals surface area contributed by atoms with Gasteiger partial charge in [-0.1, -0.05) is 96.1 Å². The lowest BCUT2D eigenvalue weighted by Crippen LogP contribution is -2.55. The quantitative estimate of drug-likeness (QED) is 0.168. The number of furan rings is 1. The molecule has 0 unspecified atom stereocenters. The molecule has 0 N–H and O–H groups in total. The van der Waals surface area contributed by atoms with Crippen LogP contribution in [0, 0.1) is 41.5 Å². The van der Waals surface area contributed by atoms with E-state index < -0.39 is 0 Å². The van der Waals surface area contributed by atoms with E-state index in [0.29, 0.717) is 0 Å². The van der Waals surface area contributed by atoms with Gasteiger partial charge in [0, 0.05) is 59.8 Å². The van der Waals surface area contributed by atoms with Crippen LogP contribution in [0.1, 0.15) is 33.4 Å². The number of aromatic nitrogens is 1. The zero-order valence-electron chi connectivity index (χ0n) is 32.9. The minimum atomic E-state index is -0.00273. The van der Waals surface area contributed by atoms with Crippen LogP contribution in [0.2, 0.25) is 0 Å². The third-order valence-electron chi connectivity index (χ3n) is 12.7. The molecule has 0 saturated heterocycles. The van der Waals surface area contributed by atoms with Crippen molar-refractivity contribution in [1.82, 2.24) is 4.48 Å². The van der Waals surface area contributed by atoms with Gasteiger partial charge in [-0.3, -0.25) is 0 Å². The Bertz CT molecular complexity index is 3350. The van der Waals surface area contributed by atoms with Crippen LogP contribution in [-0.4, -0.2) is 11.3 Å². The summed E-state index contributed by atoms with van der Waals surface area (Å²) < 4.78 is 9.33. The molecule has 7 aromatic carbocycles. The lowest BCUT2D eigenvalue weighted by molar-refractivity contribution is 0.669. The number of thiophene rings is 1. The average Bonchev–Trinajstić information content (AvgIpc) is 3.88. The number of benzene rings is 7. The number of anilines is 3.